The Hall–Kier alpha value is -2.91. The van der Waals surface area contributed by atoms with Gasteiger partial charge in [0.25, 0.3) is 0 Å². The second kappa shape index (κ2) is 8.32. The minimum absolute atomic E-state index is 0.0317. The summed E-state index contributed by atoms with van der Waals surface area (Å²) in [5.74, 6) is -1.09. The number of para-hydroxylation sites is 1. The number of aliphatic carboxylic acids is 1. The number of anilines is 1. The molecule has 1 amide bonds. The highest BCUT2D eigenvalue weighted by molar-refractivity contribution is 7.89. The average Bonchev–Trinajstić information content (AvgIpc) is 2.90. The summed E-state index contributed by atoms with van der Waals surface area (Å²) in [5, 5.41) is 9.95. The molecule has 1 heterocycles. The lowest BCUT2D eigenvalue weighted by atomic mass is 9.84. The van der Waals surface area contributed by atoms with Crippen LogP contribution in [0.1, 0.15) is 24.8 Å². The predicted octanol–water partition coefficient (Wildman–Crippen LogP) is 2.49. The van der Waals surface area contributed by atoms with E-state index in [1.807, 2.05) is 0 Å². The van der Waals surface area contributed by atoms with Gasteiger partial charge >= 0.3 is 5.97 Å². The Morgan fingerprint density at radius 1 is 1.06 bits per heavy atom. The van der Waals surface area contributed by atoms with Crippen molar-refractivity contribution in [1.29, 1.82) is 0 Å². The van der Waals surface area contributed by atoms with Crippen LogP contribution in [-0.2, 0) is 26.2 Å². The van der Waals surface area contributed by atoms with E-state index in [4.69, 9.17) is 4.74 Å². The first kappa shape index (κ1) is 21.3. The molecular weight excluding hydrogens is 420 g/mol. The van der Waals surface area contributed by atoms with Gasteiger partial charge in [0, 0.05) is 18.2 Å². The van der Waals surface area contributed by atoms with Gasteiger partial charge in [0.15, 0.2) is 0 Å². The molecule has 0 spiro atoms. The lowest BCUT2D eigenvalue weighted by molar-refractivity contribution is -0.141. The highest BCUT2D eigenvalue weighted by Crippen LogP contribution is 2.35. The summed E-state index contributed by atoms with van der Waals surface area (Å²) in [6, 6.07) is 11.4. The third-order valence-corrected chi connectivity index (χ3v) is 7.85. The number of carboxylic acids is 1. The van der Waals surface area contributed by atoms with E-state index in [0.717, 1.165) is 23.6 Å². The molecular formula is C22H24N2O6S. The number of methoxy groups -OCH3 is 1. The van der Waals surface area contributed by atoms with Gasteiger partial charge in [-0.05, 0) is 48.7 Å². The standard InChI is InChI=1S/C22H24N2O6S/c1-30-17-9-11-18(12-10-17)31(28,29)24-13-16-5-2-3-8-19(16)23(14-20(24)22(26)27)21(25)15-6-4-7-15/h2-3,5,8-12,15,20H,4,6-7,13-14H2,1H3,(H,26,27). The van der Waals surface area contributed by atoms with Crippen molar-refractivity contribution >= 4 is 27.6 Å². The van der Waals surface area contributed by atoms with Gasteiger partial charge in [-0.3, -0.25) is 9.59 Å². The fourth-order valence-corrected chi connectivity index (χ4v) is 5.52. The molecule has 0 saturated heterocycles. The third kappa shape index (κ3) is 3.90. The van der Waals surface area contributed by atoms with Crippen LogP contribution in [0.3, 0.4) is 0 Å². The average molecular weight is 445 g/mol. The fraction of sp³-hybridized carbons (Fsp3) is 0.364. The second-order valence-electron chi connectivity index (χ2n) is 7.79. The molecule has 4 rings (SSSR count). The van der Waals surface area contributed by atoms with Crippen LogP contribution in [0.25, 0.3) is 0 Å². The maximum atomic E-state index is 13.5. The number of nitrogens with zero attached hydrogens (tertiary/aromatic N) is 2. The van der Waals surface area contributed by atoms with Crippen molar-refractivity contribution in [3.8, 4) is 5.75 Å². The van der Waals surface area contributed by atoms with Crippen molar-refractivity contribution < 1.29 is 27.9 Å². The molecule has 9 heteroatoms. The zero-order valence-electron chi connectivity index (χ0n) is 17.1. The van der Waals surface area contributed by atoms with E-state index >= 15 is 0 Å². The van der Waals surface area contributed by atoms with Crippen molar-refractivity contribution in [3.05, 3.63) is 54.1 Å². The summed E-state index contributed by atoms with van der Waals surface area (Å²) in [7, 11) is -2.67. The molecule has 0 aromatic heterocycles. The number of sulfonamides is 1. The van der Waals surface area contributed by atoms with Crippen LogP contribution >= 0.6 is 0 Å². The summed E-state index contributed by atoms with van der Waals surface area (Å²) >= 11 is 0. The van der Waals surface area contributed by atoms with Crippen LogP contribution in [0, 0.1) is 5.92 Å². The van der Waals surface area contributed by atoms with Gasteiger partial charge in [0.05, 0.1) is 18.6 Å². The summed E-state index contributed by atoms with van der Waals surface area (Å²) < 4.78 is 33.0. The number of amides is 1. The SMILES string of the molecule is COc1ccc(S(=O)(=O)N2Cc3ccccc3N(C(=O)C3CCC3)CC2C(=O)O)cc1. The molecule has 1 atom stereocenters. The Morgan fingerprint density at radius 3 is 2.32 bits per heavy atom. The minimum Gasteiger partial charge on any atom is -0.497 e. The van der Waals surface area contributed by atoms with E-state index in [1.54, 1.807) is 24.3 Å². The van der Waals surface area contributed by atoms with Gasteiger partial charge in [-0.2, -0.15) is 4.31 Å². The van der Waals surface area contributed by atoms with Gasteiger partial charge < -0.3 is 14.7 Å². The van der Waals surface area contributed by atoms with E-state index in [0.29, 0.717) is 17.0 Å². The highest BCUT2D eigenvalue weighted by Gasteiger charge is 2.43. The fourth-order valence-electron chi connectivity index (χ4n) is 3.97. The summed E-state index contributed by atoms with van der Waals surface area (Å²) in [4.78, 5) is 26.7. The molecule has 2 aromatic carbocycles. The van der Waals surface area contributed by atoms with Gasteiger partial charge in [-0.1, -0.05) is 24.6 Å². The van der Waals surface area contributed by atoms with E-state index < -0.39 is 22.0 Å². The molecule has 2 aliphatic rings. The predicted molar refractivity (Wildman–Crippen MR) is 113 cm³/mol. The normalized spacial score (nSPS) is 19.8. The molecule has 1 aliphatic carbocycles. The largest absolute Gasteiger partial charge is 0.497 e. The Labute approximate surface area is 181 Å². The van der Waals surface area contributed by atoms with Crippen LogP contribution in [0.4, 0.5) is 5.69 Å². The van der Waals surface area contributed by atoms with Gasteiger partial charge in [-0.25, -0.2) is 8.42 Å². The third-order valence-electron chi connectivity index (χ3n) is 5.98. The molecule has 1 fully saturated rings. The number of hydrogen-bond acceptors (Lipinski definition) is 5. The number of hydrogen-bond donors (Lipinski definition) is 1. The van der Waals surface area contributed by atoms with Gasteiger partial charge in [0.1, 0.15) is 11.8 Å². The summed E-state index contributed by atoms with van der Waals surface area (Å²) in [6.07, 6.45) is 2.50. The van der Waals surface area contributed by atoms with E-state index in [9.17, 15) is 23.1 Å². The number of fused-ring (bicyclic) bond motifs is 1. The van der Waals surface area contributed by atoms with Gasteiger partial charge in [-0.15, -0.1) is 0 Å². The minimum atomic E-state index is -4.15. The molecule has 1 N–H and O–H groups in total. The number of carboxylic acid groups (broad SMARTS) is 1. The Bertz CT molecular complexity index is 1100. The first-order valence-corrected chi connectivity index (χ1v) is 11.5. The second-order valence-corrected chi connectivity index (χ2v) is 9.68. The van der Waals surface area contributed by atoms with Crippen LogP contribution in [0.2, 0.25) is 0 Å². The summed E-state index contributed by atoms with van der Waals surface area (Å²) in [6.45, 7) is -0.382. The monoisotopic (exact) mass is 444 g/mol. The first-order valence-electron chi connectivity index (χ1n) is 10.1. The van der Waals surface area contributed by atoms with Crippen molar-refractivity contribution in [2.45, 2.75) is 36.7 Å². The molecule has 1 aliphatic heterocycles. The molecule has 164 valence electrons. The Kier molecular flexibility index (Phi) is 5.72. The van der Waals surface area contributed by atoms with Gasteiger partial charge in [0.2, 0.25) is 15.9 Å². The molecule has 1 saturated carbocycles. The maximum Gasteiger partial charge on any atom is 0.323 e. The zero-order chi connectivity index (χ0) is 22.2. The Balaban J connectivity index is 1.77. The highest BCUT2D eigenvalue weighted by atomic mass is 32.2. The number of carbonyl (C=O) groups excluding carboxylic acids is 1. The number of ether oxygens (including phenoxy) is 1. The van der Waals surface area contributed by atoms with E-state index in [-0.39, 0.29) is 29.8 Å². The zero-order valence-corrected chi connectivity index (χ0v) is 17.9. The van der Waals surface area contributed by atoms with Crippen LogP contribution in [0.5, 0.6) is 5.75 Å². The smallest absolute Gasteiger partial charge is 0.323 e. The quantitative estimate of drug-likeness (QED) is 0.760. The van der Waals surface area contributed by atoms with Crippen molar-refractivity contribution in [2.75, 3.05) is 18.6 Å². The number of benzene rings is 2. The molecule has 8 nitrogen and oxygen atoms in total. The number of rotatable bonds is 5. The van der Waals surface area contributed by atoms with Crippen molar-refractivity contribution in [1.82, 2.24) is 4.31 Å². The summed E-state index contributed by atoms with van der Waals surface area (Å²) in [5.41, 5.74) is 1.16. The molecule has 0 bridgehead atoms. The van der Waals surface area contributed by atoms with Crippen LogP contribution < -0.4 is 9.64 Å². The Morgan fingerprint density at radius 2 is 1.74 bits per heavy atom. The molecule has 31 heavy (non-hydrogen) atoms. The van der Waals surface area contributed by atoms with E-state index in [1.165, 1.54) is 36.3 Å². The number of carbonyl (C=O) groups is 2. The lowest BCUT2D eigenvalue weighted by Crippen LogP contribution is -2.51. The van der Waals surface area contributed by atoms with E-state index in [2.05, 4.69) is 0 Å². The topological polar surface area (TPSA) is 104 Å². The van der Waals surface area contributed by atoms with Crippen LogP contribution in [0.15, 0.2) is 53.4 Å². The molecule has 0 radical (unpaired) electrons. The molecule has 1 unspecified atom stereocenters. The van der Waals surface area contributed by atoms with Crippen molar-refractivity contribution in [3.63, 3.8) is 0 Å². The first-order chi connectivity index (χ1) is 14.8. The van der Waals surface area contributed by atoms with Crippen molar-refractivity contribution in [2.24, 2.45) is 5.92 Å². The lowest BCUT2D eigenvalue weighted by Gasteiger charge is -2.33. The van der Waals surface area contributed by atoms with Crippen LogP contribution in [-0.4, -0.2) is 49.4 Å². The molecule has 2 aromatic rings. The maximum absolute atomic E-state index is 13.5.